The van der Waals surface area contributed by atoms with Crippen molar-refractivity contribution < 1.29 is 0 Å². The van der Waals surface area contributed by atoms with E-state index in [2.05, 4.69) is 44.6 Å². The zero-order valence-corrected chi connectivity index (χ0v) is 16.7. The van der Waals surface area contributed by atoms with Crippen LogP contribution >= 0.6 is 0 Å². The fourth-order valence-electron chi connectivity index (χ4n) is 3.29. The molecular weight excluding hydrogens is 292 g/mol. The first-order chi connectivity index (χ1) is 11.5. The van der Waals surface area contributed by atoms with Gasteiger partial charge in [-0.3, -0.25) is 4.57 Å². The van der Waals surface area contributed by atoms with Crippen LogP contribution in [0.5, 0.6) is 0 Å². The smallest absolute Gasteiger partial charge is 0.140 e. The van der Waals surface area contributed by atoms with E-state index in [1.54, 1.807) is 0 Å². The standard InChI is InChI=1S/C18H22N2.2C2H6/c1-11-10-12(2)18(19-13(11)3)20-14(4)16-8-6-7-9-17(16)15(20)5;2*1-2/h10H,4-9H2,1-3H3;2*1-2H3. The first-order valence-corrected chi connectivity index (χ1v) is 9.36. The molecular formula is C22H34N2. The Labute approximate surface area is 147 Å². The lowest BCUT2D eigenvalue weighted by atomic mass is 9.95. The predicted octanol–water partition coefficient (Wildman–Crippen LogP) is 4.55. The van der Waals surface area contributed by atoms with E-state index in [0.717, 1.165) is 35.1 Å². The lowest BCUT2D eigenvalue weighted by Crippen LogP contribution is -2.26. The number of hydrogen-bond acceptors (Lipinski definition) is 1. The molecule has 0 aromatic carbocycles. The Kier molecular flexibility index (Phi) is 7.47. The van der Waals surface area contributed by atoms with Crippen molar-refractivity contribution in [2.75, 3.05) is 0 Å². The molecule has 0 radical (unpaired) electrons. The molecule has 0 saturated heterocycles. The van der Waals surface area contributed by atoms with Gasteiger partial charge in [0, 0.05) is 16.4 Å². The maximum Gasteiger partial charge on any atom is 0.140 e. The molecule has 0 spiro atoms. The molecule has 2 nitrogen and oxygen atoms in total. The molecule has 0 saturated carbocycles. The maximum atomic E-state index is 4.79. The first kappa shape index (κ1) is 20.2. The molecule has 0 amide bonds. The normalized spacial score (nSPS) is 12.5. The summed E-state index contributed by atoms with van der Waals surface area (Å²) in [5.41, 5.74) is 6.31. The number of nitrogens with zero attached hydrogens (tertiary/aromatic N) is 2. The molecule has 0 bridgehead atoms. The summed E-state index contributed by atoms with van der Waals surface area (Å²) in [6.07, 6.45) is 4.79. The zero-order valence-electron chi connectivity index (χ0n) is 16.7. The van der Waals surface area contributed by atoms with Gasteiger partial charge in [-0.1, -0.05) is 46.9 Å². The molecule has 2 heterocycles. The van der Waals surface area contributed by atoms with Crippen LogP contribution in [-0.2, 0) is 12.8 Å². The number of aryl methyl sites for hydroxylation is 3. The Morgan fingerprint density at radius 3 is 1.75 bits per heavy atom. The molecule has 0 fully saturated rings. The Balaban J connectivity index is 0.000000671. The van der Waals surface area contributed by atoms with E-state index < -0.39 is 0 Å². The third kappa shape index (κ3) is 3.63. The Morgan fingerprint density at radius 2 is 1.29 bits per heavy atom. The monoisotopic (exact) mass is 326 g/mol. The summed E-state index contributed by atoms with van der Waals surface area (Å²) < 4.78 is 2.16. The third-order valence-electron chi connectivity index (χ3n) is 4.55. The molecule has 3 rings (SSSR count). The van der Waals surface area contributed by atoms with Crippen molar-refractivity contribution in [3.8, 4) is 5.82 Å². The highest BCUT2D eigenvalue weighted by Gasteiger charge is 2.18. The van der Waals surface area contributed by atoms with Crippen LogP contribution in [0.4, 0.5) is 0 Å². The van der Waals surface area contributed by atoms with Gasteiger partial charge < -0.3 is 0 Å². The minimum atomic E-state index is 0.998. The van der Waals surface area contributed by atoms with Gasteiger partial charge in [-0.2, -0.15) is 0 Å². The molecule has 1 aliphatic rings. The summed E-state index contributed by atoms with van der Waals surface area (Å²) in [6, 6.07) is 2.20. The van der Waals surface area contributed by atoms with Crippen molar-refractivity contribution in [2.24, 2.45) is 0 Å². The van der Waals surface area contributed by atoms with E-state index in [1.165, 1.54) is 35.1 Å². The van der Waals surface area contributed by atoms with E-state index in [9.17, 15) is 0 Å². The number of rotatable bonds is 1. The summed E-state index contributed by atoms with van der Waals surface area (Å²) in [5.74, 6) is 0.998. The fraction of sp³-hybridized carbons (Fsp3) is 0.500. The number of aromatic nitrogens is 2. The lowest BCUT2D eigenvalue weighted by Gasteiger charge is -2.11. The van der Waals surface area contributed by atoms with E-state index >= 15 is 0 Å². The molecule has 0 atom stereocenters. The SMILES string of the molecule is C=c1c2c(c(=C)n1-c1nc(C)c(C)cc1C)CCCC2.CC.CC. The number of hydrogen-bond donors (Lipinski definition) is 0. The summed E-state index contributed by atoms with van der Waals surface area (Å²) in [7, 11) is 0. The van der Waals surface area contributed by atoms with Crippen LogP contribution in [0.3, 0.4) is 0 Å². The van der Waals surface area contributed by atoms with E-state index in [-0.39, 0.29) is 0 Å². The fourth-order valence-corrected chi connectivity index (χ4v) is 3.29. The van der Waals surface area contributed by atoms with Gasteiger partial charge in [-0.25, -0.2) is 4.98 Å². The molecule has 0 aliphatic heterocycles. The Hall–Kier alpha value is -1.83. The maximum absolute atomic E-state index is 4.79. The molecule has 1 aliphatic carbocycles. The highest BCUT2D eigenvalue weighted by molar-refractivity contribution is 5.44. The molecule has 0 unspecified atom stereocenters. The van der Waals surface area contributed by atoms with Crippen LogP contribution in [0.15, 0.2) is 6.07 Å². The zero-order chi connectivity index (χ0) is 18.4. The first-order valence-electron chi connectivity index (χ1n) is 9.36. The Bertz CT molecular complexity index is 744. The largest absolute Gasteiger partial charge is 0.295 e. The summed E-state index contributed by atoms with van der Waals surface area (Å²) >= 11 is 0. The van der Waals surface area contributed by atoms with Gasteiger partial charge in [0.25, 0.3) is 0 Å². The summed E-state index contributed by atoms with van der Waals surface area (Å²) in [6.45, 7) is 22.9. The van der Waals surface area contributed by atoms with Gasteiger partial charge in [-0.05, 0) is 68.7 Å². The average Bonchev–Trinajstić information content (AvgIpc) is 2.86. The number of fused-ring (bicyclic) bond motifs is 1. The van der Waals surface area contributed by atoms with Gasteiger partial charge in [0.1, 0.15) is 5.82 Å². The van der Waals surface area contributed by atoms with Crippen molar-refractivity contribution in [2.45, 2.75) is 74.1 Å². The lowest BCUT2D eigenvalue weighted by molar-refractivity contribution is 0.686. The minimum Gasteiger partial charge on any atom is -0.295 e. The predicted molar refractivity (Wildman–Crippen MR) is 107 cm³/mol. The van der Waals surface area contributed by atoms with Gasteiger partial charge in [0.05, 0.1) is 0 Å². The van der Waals surface area contributed by atoms with Gasteiger partial charge in [-0.15, -0.1) is 0 Å². The quantitative estimate of drug-likeness (QED) is 0.752. The van der Waals surface area contributed by atoms with E-state index in [1.807, 2.05) is 27.7 Å². The van der Waals surface area contributed by atoms with Crippen LogP contribution in [0, 0.1) is 20.8 Å². The molecule has 132 valence electrons. The van der Waals surface area contributed by atoms with Crippen molar-refractivity contribution >= 4 is 13.2 Å². The summed E-state index contributed by atoms with van der Waals surface area (Å²) in [5, 5.41) is 2.17. The second-order valence-electron chi connectivity index (χ2n) is 5.92. The average molecular weight is 327 g/mol. The molecule has 2 aromatic rings. The molecule has 0 N–H and O–H groups in total. The van der Waals surface area contributed by atoms with Crippen molar-refractivity contribution in [1.29, 1.82) is 0 Å². The second kappa shape index (κ2) is 8.86. The molecule has 2 heteroatoms. The molecule has 2 aromatic heterocycles. The topological polar surface area (TPSA) is 17.8 Å². The van der Waals surface area contributed by atoms with Gasteiger partial charge in [0.15, 0.2) is 0 Å². The highest BCUT2D eigenvalue weighted by atomic mass is 15.1. The van der Waals surface area contributed by atoms with Crippen molar-refractivity contribution in [3.63, 3.8) is 0 Å². The number of pyridine rings is 1. The van der Waals surface area contributed by atoms with Gasteiger partial charge >= 0.3 is 0 Å². The van der Waals surface area contributed by atoms with Crippen LogP contribution in [-0.4, -0.2) is 9.55 Å². The Morgan fingerprint density at radius 1 is 0.833 bits per heavy atom. The van der Waals surface area contributed by atoms with Crippen LogP contribution < -0.4 is 10.7 Å². The molecule has 24 heavy (non-hydrogen) atoms. The summed E-state index contributed by atoms with van der Waals surface area (Å²) in [4.78, 5) is 4.79. The minimum absolute atomic E-state index is 0.998. The van der Waals surface area contributed by atoms with Crippen molar-refractivity contribution in [1.82, 2.24) is 9.55 Å². The van der Waals surface area contributed by atoms with Crippen LogP contribution in [0.25, 0.3) is 19.0 Å². The van der Waals surface area contributed by atoms with Gasteiger partial charge in [0.2, 0.25) is 0 Å². The van der Waals surface area contributed by atoms with Crippen LogP contribution in [0.2, 0.25) is 0 Å². The van der Waals surface area contributed by atoms with E-state index in [0.29, 0.717) is 0 Å². The van der Waals surface area contributed by atoms with Crippen molar-refractivity contribution in [3.05, 3.63) is 44.7 Å². The second-order valence-corrected chi connectivity index (χ2v) is 5.92. The third-order valence-corrected chi connectivity index (χ3v) is 4.55. The van der Waals surface area contributed by atoms with E-state index in [4.69, 9.17) is 4.98 Å². The van der Waals surface area contributed by atoms with Crippen LogP contribution in [0.1, 0.15) is 68.5 Å². The highest BCUT2D eigenvalue weighted by Crippen LogP contribution is 2.18.